The van der Waals surface area contributed by atoms with Crippen LogP contribution in [0.25, 0.3) is 0 Å². The van der Waals surface area contributed by atoms with Gasteiger partial charge in [0.05, 0.1) is 0 Å². The minimum atomic E-state index is -0.325. The molecule has 0 atom stereocenters. The van der Waals surface area contributed by atoms with Crippen molar-refractivity contribution < 1.29 is 19.1 Å². The van der Waals surface area contributed by atoms with Crippen LogP contribution in [-0.2, 0) is 19.1 Å². The van der Waals surface area contributed by atoms with Crippen molar-refractivity contribution in [3.8, 4) is 0 Å². The maximum absolute atomic E-state index is 11.6. The Kier molecular flexibility index (Phi) is 5.45. The third-order valence-electron chi connectivity index (χ3n) is 2.00. The Hall–Kier alpha value is -1.06. The van der Waals surface area contributed by atoms with Gasteiger partial charge in [-0.05, 0) is 0 Å². The molecule has 94 valence electrons. The van der Waals surface area contributed by atoms with Crippen LogP contribution in [0.2, 0.25) is 0 Å². The molecule has 0 saturated heterocycles. The van der Waals surface area contributed by atoms with E-state index in [1.54, 1.807) is 13.8 Å². The number of rotatable bonds is 4. The van der Waals surface area contributed by atoms with E-state index in [-0.39, 0.29) is 32.8 Å². The van der Waals surface area contributed by atoms with Crippen molar-refractivity contribution in [1.82, 2.24) is 0 Å². The van der Waals surface area contributed by atoms with Gasteiger partial charge in [-0.25, -0.2) is 0 Å². The van der Waals surface area contributed by atoms with E-state index in [1.807, 2.05) is 19.1 Å². The number of esters is 2. The molecular weight excluding hydrogens is 287 g/mol. The van der Waals surface area contributed by atoms with E-state index in [0.29, 0.717) is 22.2 Å². The Balaban J connectivity index is 2.74. The summed E-state index contributed by atoms with van der Waals surface area (Å²) in [5.41, 5.74) is 0. The van der Waals surface area contributed by atoms with Gasteiger partial charge in [-0.2, -0.15) is 0 Å². The van der Waals surface area contributed by atoms with Crippen molar-refractivity contribution in [1.29, 1.82) is 0 Å². The van der Waals surface area contributed by atoms with Crippen LogP contribution in [0.3, 0.4) is 0 Å². The number of carbonyl (C=O) groups is 2. The zero-order valence-corrected chi connectivity index (χ0v) is 11.9. The molecule has 0 fully saturated rings. The predicted molar refractivity (Wildman–Crippen MR) is 64.4 cm³/mol. The van der Waals surface area contributed by atoms with E-state index in [0.717, 1.165) is 0 Å². The average molecular weight is 303 g/mol. The molecule has 0 saturated carbocycles. The second-order valence-corrected chi connectivity index (χ2v) is 5.74. The Morgan fingerprint density at radius 3 is 1.88 bits per heavy atom. The van der Waals surface area contributed by atoms with Crippen molar-refractivity contribution in [2.75, 3.05) is 13.2 Å². The zero-order chi connectivity index (χ0) is 12.8. The summed E-state index contributed by atoms with van der Waals surface area (Å²) in [4.78, 5) is 23.2. The van der Waals surface area contributed by atoms with Crippen LogP contribution >= 0.6 is 0 Å². The molecule has 0 aromatic heterocycles. The van der Waals surface area contributed by atoms with Crippen molar-refractivity contribution in [2.45, 2.75) is 20.8 Å². The fraction of sp³-hybridized carbons (Fsp3) is 0.500. The Morgan fingerprint density at radius 2 is 1.53 bits per heavy atom. The normalized spacial score (nSPS) is 15.9. The molecule has 5 heteroatoms. The number of allylic oxidation sites excluding steroid dienone is 2. The summed E-state index contributed by atoms with van der Waals surface area (Å²) in [6, 6.07) is 0. The molecule has 1 aliphatic rings. The van der Waals surface area contributed by atoms with E-state index in [1.165, 1.54) is 0 Å². The zero-order valence-electron chi connectivity index (χ0n) is 10.2. The third-order valence-corrected chi connectivity index (χ3v) is 4.19. The summed E-state index contributed by atoms with van der Waals surface area (Å²) >= 11 is -0.314. The summed E-state index contributed by atoms with van der Waals surface area (Å²) in [6.45, 7) is 6.14. The van der Waals surface area contributed by atoms with Crippen LogP contribution in [0.5, 0.6) is 0 Å². The SMILES string of the molecule is CCOC(=O)C1=CC(C)C=C(C(=O)OCC)[Se]1. The van der Waals surface area contributed by atoms with Crippen LogP contribution in [-0.4, -0.2) is 40.1 Å². The van der Waals surface area contributed by atoms with Gasteiger partial charge in [0.2, 0.25) is 0 Å². The molecule has 0 radical (unpaired) electrons. The standard InChI is InChI=1S/C12H16O4Se/c1-4-15-11(13)9-6-8(3)7-10(17-9)12(14)16-5-2/h6-8H,4-5H2,1-3H3. The van der Waals surface area contributed by atoms with Crippen molar-refractivity contribution in [2.24, 2.45) is 5.92 Å². The van der Waals surface area contributed by atoms with E-state index in [2.05, 4.69) is 0 Å². The molecule has 0 aromatic carbocycles. The van der Waals surface area contributed by atoms with Crippen LogP contribution < -0.4 is 0 Å². The summed E-state index contributed by atoms with van der Waals surface area (Å²) in [5, 5.41) is 0. The predicted octanol–water partition coefficient (Wildman–Crippen LogP) is 1.23. The van der Waals surface area contributed by atoms with Gasteiger partial charge < -0.3 is 0 Å². The van der Waals surface area contributed by atoms with Gasteiger partial charge in [-0.3, -0.25) is 0 Å². The molecule has 1 rings (SSSR count). The van der Waals surface area contributed by atoms with Gasteiger partial charge in [0.1, 0.15) is 0 Å². The topological polar surface area (TPSA) is 52.6 Å². The molecule has 0 spiro atoms. The fourth-order valence-corrected chi connectivity index (χ4v) is 3.62. The van der Waals surface area contributed by atoms with Crippen molar-refractivity contribution in [3.05, 3.63) is 21.1 Å². The number of hydrogen-bond acceptors (Lipinski definition) is 4. The monoisotopic (exact) mass is 304 g/mol. The minimum absolute atomic E-state index is 0.0597. The summed E-state index contributed by atoms with van der Waals surface area (Å²) in [6.07, 6.45) is 3.70. The van der Waals surface area contributed by atoms with Gasteiger partial charge in [-0.1, -0.05) is 0 Å². The van der Waals surface area contributed by atoms with Gasteiger partial charge >= 0.3 is 107 Å². The molecule has 0 amide bonds. The average Bonchev–Trinajstić information content (AvgIpc) is 2.29. The number of ether oxygens (including phenoxy) is 2. The molecule has 0 bridgehead atoms. The van der Waals surface area contributed by atoms with Crippen molar-refractivity contribution in [3.63, 3.8) is 0 Å². The fourth-order valence-electron chi connectivity index (χ4n) is 1.34. The summed E-state index contributed by atoms with van der Waals surface area (Å²) < 4.78 is 11.1. The van der Waals surface area contributed by atoms with Crippen molar-refractivity contribution >= 4 is 26.9 Å². The summed E-state index contributed by atoms with van der Waals surface area (Å²) in [7, 11) is 0. The van der Waals surface area contributed by atoms with E-state index < -0.39 is 0 Å². The molecule has 1 heterocycles. The quantitative estimate of drug-likeness (QED) is 0.579. The van der Waals surface area contributed by atoms with Crippen LogP contribution in [0.1, 0.15) is 20.8 Å². The first kappa shape index (κ1) is 14.0. The van der Waals surface area contributed by atoms with E-state index >= 15 is 0 Å². The third kappa shape index (κ3) is 4.02. The van der Waals surface area contributed by atoms with Gasteiger partial charge in [-0.15, -0.1) is 0 Å². The summed E-state index contributed by atoms with van der Waals surface area (Å²) in [5.74, 6) is -0.590. The van der Waals surface area contributed by atoms with Crippen LogP contribution in [0.15, 0.2) is 21.1 Å². The number of carbonyl (C=O) groups excluding carboxylic acids is 2. The van der Waals surface area contributed by atoms with Gasteiger partial charge in [0.15, 0.2) is 0 Å². The molecule has 17 heavy (non-hydrogen) atoms. The van der Waals surface area contributed by atoms with Gasteiger partial charge in [0.25, 0.3) is 0 Å². The van der Waals surface area contributed by atoms with Gasteiger partial charge in [0, 0.05) is 0 Å². The first-order chi connectivity index (χ1) is 8.08. The Labute approximate surface area is 107 Å². The molecule has 4 nitrogen and oxygen atoms in total. The molecule has 0 unspecified atom stereocenters. The Bertz CT molecular complexity index is 337. The Morgan fingerprint density at radius 1 is 1.12 bits per heavy atom. The van der Waals surface area contributed by atoms with Crippen LogP contribution in [0.4, 0.5) is 0 Å². The molecule has 1 aliphatic heterocycles. The van der Waals surface area contributed by atoms with Crippen LogP contribution in [0, 0.1) is 5.92 Å². The second-order valence-electron chi connectivity index (χ2n) is 3.46. The maximum atomic E-state index is 11.6. The van der Waals surface area contributed by atoms with E-state index in [4.69, 9.17) is 9.47 Å². The second kappa shape index (κ2) is 6.62. The first-order valence-electron chi connectivity index (χ1n) is 5.54. The molecule has 0 N–H and O–H groups in total. The number of hydrogen-bond donors (Lipinski definition) is 0. The molecule has 0 aliphatic carbocycles. The molecule has 0 aromatic rings. The molecular formula is C12H16O4Se. The first-order valence-corrected chi connectivity index (χ1v) is 7.25. The van der Waals surface area contributed by atoms with E-state index in [9.17, 15) is 9.59 Å².